The minimum Gasteiger partial charge on any atom is -0.376 e. The second kappa shape index (κ2) is 8.84. The summed E-state index contributed by atoms with van der Waals surface area (Å²) in [6.45, 7) is 3.19. The number of aromatic nitrogens is 1. The topological polar surface area (TPSA) is 42.4 Å². The van der Waals surface area contributed by atoms with Crippen LogP contribution in [0.5, 0.6) is 0 Å². The molecule has 2 aromatic carbocycles. The van der Waals surface area contributed by atoms with E-state index in [2.05, 4.69) is 0 Å². The fraction of sp³-hybridized carbons (Fsp3) is 0.273. The first-order chi connectivity index (χ1) is 14.0. The Morgan fingerprint density at radius 2 is 2.14 bits per heavy atom. The molecule has 0 aliphatic carbocycles. The number of thiazole rings is 1. The molecule has 0 bridgehead atoms. The highest BCUT2D eigenvalue weighted by Gasteiger charge is 2.27. The number of nitrogens with zero attached hydrogens (tertiary/aromatic N) is 2. The SMILES string of the molecule is Cc1cccc(C(=O)N(C[C@H]2CCCO2)c2nc(-c3ccc(Cl)cc3Cl)cs2)c1. The molecule has 1 amide bonds. The van der Waals surface area contributed by atoms with Crippen LogP contribution in [0.15, 0.2) is 47.8 Å². The quantitative estimate of drug-likeness (QED) is 0.464. The zero-order chi connectivity index (χ0) is 20.4. The molecule has 1 fully saturated rings. The average Bonchev–Trinajstić information content (AvgIpc) is 3.37. The van der Waals surface area contributed by atoms with Gasteiger partial charge in [0.05, 0.1) is 23.4 Å². The monoisotopic (exact) mass is 446 g/mol. The molecule has 1 aliphatic heterocycles. The summed E-state index contributed by atoms with van der Waals surface area (Å²) in [6, 6.07) is 12.9. The molecular weight excluding hydrogens is 427 g/mol. The third-order valence-corrected chi connectivity index (χ3v) is 6.26. The Bertz CT molecular complexity index is 1030. The number of ether oxygens (including phenoxy) is 1. The molecule has 0 radical (unpaired) electrons. The minimum absolute atomic E-state index is 0.0234. The van der Waals surface area contributed by atoms with Gasteiger partial charge in [0.15, 0.2) is 5.13 Å². The summed E-state index contributed by atoms with van der Waals surface area (Å²) in [5, 5.41) is 3.65. The van der Waals surface area contributed by atoms with E-state index in [9.17, 15) is 4.79 Å². The zero-order valence-corrected chi connectivity index (χ0v) is 18.2. The number of anilines is 1. The van der Waals surface area contributed by atoms with Gasteiger partial charge >= 0.3 is 0 Å². The van der Waals surface area contributed by atoms with Crippen LogP contribution in [-0.4, -0.2) is 30.1 Å². The highest BCUT2D eigenvalue weighted by molar-refractivity contribution is 7.14. The summed E-state index contributed by atoms with van der Waals surface area (Å²) in [5.41, 5.74) is 3.20. The van der Waals surface area contributed by atoms with Crippen molar-refractivity contribution >= 4 is 45.6 Å². The van der Waals surface area contributed by atoms with Gasteiger partial charge in [-0.25, -0.2) is 4.98 Å². The van der Waals surface area contributed by atoms with Crippen molar-refractivity contribution in [3.05, 3.63) is 69.0 Å². The Kier molecular flexibility index (Phi) is 6.20. The van der Waals surface area contributed by atoms with E-state index in [1.54, 1.807) is 17.0 Å². The third kappa shape index (κ3) is 4.64. The molecular formula is C22H20Cl2N2O2S. The number of carbonyl (C=O) groups excluding carboxylic acids is 1. The van der Waals surface area contributed by atoms with Gasteiger partial charge in [-0.05, 0) is 50.1 Å². The van der Waals surface area contributed by atoms with Gasteiger partial charge in [-0.2, -0.15) is 0 Å². The van der Waals surface area contributed by atoms with Crippen LogP contribution in [0.3, 0.4) is 0 Å². The summed E-state index contributed by atoms with van der Waals surface area (Å²) < 4.78 is 5.79. The lowest BCUT2D eigenvalue weighted by atomic mass is 10.1. The first kappa shape index (κ1) is 20.4. The fourth-order valence-electron chi connectivity index (χ4n) is 3.38. The number of benzene rings is 2. The number of rotatable bonds is 5. The fourth-order valence-corrected chi connectivity index (χ4v) is 4.72. The summed E-state index contributed by atoms with van der Waals surface area (Å²) in [5.74, 6) is -0.0766. The Hall–Kier alpha value is -1.92. The van der Waals surface area contributed by atoms with Gasteiger partial charge in [0.2, 0.25) is 0 Å². The van der Waals surface area contributed by atoms with E-state index in [4.69, 9.17) is 32.9 Å². The third-order valence-electron chi connectivity index (χ3n) is 4.85. The molecule has 0 N–H and O–H groups in total. The Morgan fingerprint density at radius 1 is 1.28 bits per heavy atom. The Balaban J connectivity index is 1.67. The zero-order valence-electron chi connectivity index (χ0n) is 15.9. The molecule has 1 atom stereocenters. The molecule has 4 nitrogen and oxygen atoms in total. The highest BCUT2D eigenvalue weighted by atomic mass is 35.5. The van der Waals surface area contributed by atoms with Crippen LogP contribution in [-0.2, 0) is 4.74 Å². The molecule has 1 aliphatic rings. The predicted octanol–water partition coefficient (Wildman–Crippen LogP) is 6.25. The van der Waals surface area contributed by atoms with Crippen molar-refractivity contribution in [3.8, 4) is 11.3 Å². The van der Waals surface area contributed by atoms with Crippen molar-refractivity contribution in [1.29, 1.82) is 0 Å². The minimum atomic E-state index is -0.0766. The van der Waals surface area contributed by atoms with E-state index in [1.165, 1.54) is 11.3 Å². The number of hydrogen-bond donors (Lipinski definition) is 0. The van der Waals surface area contributed by atoms with E-state index in [-0.39, 0.29) is 12.0 Å². The second-order valence-corrected chi connectivity index (χ2v) is 8.74. The van der Waals surface area contributed by atoms with E-state index < -0.39 is 0 Å². The van der Waals surface area contributed by atoms with Crippen molar-refractivity contribution in [2.75, 3.05) is 18.1 Å². The Morgan fingerprint density at radius 3 is 2.86 bits per heavy atom. The van der Waals surface area contributed by atoms with Gasteiger partial charge in [0.1, 0.15) is 0 Å². The smallest absolute Gasteiger partial charge is 0.260 e. The molecule has 0 unspecified atom stereocenters. The molecule has 4 rings (SSSR count). The number of aryl methyl sites for hydroxylation is 1. The maximum Gasteiger partial charge on any atom is 0.260 e. The largest absolute Gasteiger partial charge is 0.376 e. The van der Waals surface area contributed by atoms with Gasteiger partial charge in [0, 0.05) is 28.1 Å². The van der Waals surface area contributed by atoms with Crippen LogP contribution < -0.4 is 4.90 Å². The maximum atomic E-state index is 13.3. The van der Waals surface area contributed by atoms with E-state index in [0.717, 1.165) is 36.3 Å². The number of amides is 1. The molecule has 2 heterocycles. The van der Waals surface area contributed by atoms with Crippen molar-refractivity contribution in [2.24, 2.45) is 0 Å². The normalized spacial score (nSPS) is 16.2. The molecule has 0 saturated carbocycles. The number of hydrogen-bond acceptors (Lipinski definition) is 4. The van der Waals surface area contributed by atoms with Crippen LogP contribution in [0.1, 0.15) is 28.8 Å². The van der Waals surface area contributed by atoms with Crippen LogP contribution in [0.2, 0.25) is 10.0 Å². The van der Waals surface area contributed by atoms with E-state index in [1.807, 2.05) is 42.6 Å². The molecule has 29 heavy (non-hydrogen) atoms. The maximum absolute atomic E-state index is 13.3. The van der Waals surface area contributed by atoms with Crippen molar-refractivity contribution in [3.63, 3.8) is 0 Å². The van der Waals surface area contributed by atoms with Gasteiger partial charge in [-0.1, -0.05) is 40.9 Å². The van der Waals surface area contributed by atoms with Crippen molar-refractivity contribution in [1.82, 2.24) is 4.98 Å². The summed E-state index contributed by atoms with van der Waals surface area (Å²) >= 11 is 13.8. The van der Waals surface area contributed by atoms with Gasteiger partial charge < -0.3 is 4.74 Å². The molecule has 3 aromatic rings. The number of carbonyl (C=O) groups is 1. The molecule has 0 spiro atoms. The van der Waals surface area contributed by atoms with Gasteiger partial charge in [0.25, 0.3) is 5.91 Å². The summed E-state index contributed by atoms with van der Waals surface area (Å²) in [6.07, 6.45) is 1.98. The molecule has 150 valence electrons. The first-order valence-electron chi connectivity index (χ1n) is 9.42. The lowest BCUT2D eigenvalue weighted by molar-refractivity contribution is 0.0917. The van der Waals surface area contributed by atoms with E-state index in [0.29, 0.717) is 27.3 Å². The van der Waals surface area contributed by atoms with Crippen molar-refractivity contribution in [2.45, 2.75) is 25.9 Å². The summed E-state index contributed by atoms with van der Waals surface area (Å²) in [7, 11) is 0. The van der Waals surface area contributed by atoms with Gasteiger partial charge in [-0.3, -0.25) is 9.69 Å². The first-order valence-corrected chi connectivity index (χ1v) is 11.1. The molecule has 7 heteroatoms. The highest BCUT2D eigenvalue weighted by Crippen LogP contribution is 2.34. The van der Waals surface area contributed by atoms with Crippen LogP contribution in [0.25, 0.3) is 11.3 Å². The average molecular weight is 447 g/mol. The second-order valence-electron chi connectivity index (χ2n) is 7.06. The van der Waals surface area contributed by atoms with Gasteiger partial charge in [-0.15, -0.1) is 11.3 Å². The van der Waals surface area contributed by atoms with E-state index >= 15 is 0 Å². The summed E-state index contributed by atoms with van der Waals surface area (Å²) in [4.78, 5) is 19.8. The Labute approximate surface area is 184 Å². The molecule has 1 aromatic heterocycles. The van der Waals surface area contributed by atoms with Crippen LogP contribution in [0.4, 0.5) is 5.13 Å². The molecule has 1 saturated heterocycles. The number of halogens is 2. The van der Waals surface area contributed by atoms with Crippen LogP contribution in [0, 0.1) is 6.92 Å². The predicted molar refractivity (Wildman–Crippen MR) is 119 cm³/mol. The standard InChI is InChI=1S/C22H20Cl2N2O2S/c1-14-4-2-5-15(10-14)21(27)26(12-17-6-3-9-28-17)22-25-20(13-29-22)18-8-7-16(23)11-19(18)24/h2,4-5,7-8,10-11,13,17H,3,6,9,12H2,1H3/t17-/m1/s1. The lowest BCUT2D eigenvalue weighted by Crippen LogP contribution is -2.37. The van der Waals surface area contributed by atoms with Crippen molar-refractivity contribution < 1.29 is 9.53 Å². The lowest BCUT2D eigenvalue weighted by Gasteiger charge is -2.23. The van der Waals surface area contributed by atoms with Crippen LogP contribution >= 0.6 is 34.5 Å².